The number of hydrogen-bond acceptors (Lipinski definition) is 6. The van der Waals surface area contributed by atoms with Crippen LogP contribution in [0.5, 0.6) is 0 Å². The third-order valence-electron chi connectivity index (χ3n) is 6.54. The maximum absolute atomic E-state index is 15.0. The quantitative estimate of drug-likeness (QED) is 0.392. The minimum Gasteiger partial charge on any atom is -0.340 e. The van der Waals surface area contributed by atoms with E-state index in [4.69, 9.17) is 0 Å². The fourth-order valence-electron chi connectivity index (χ4n) is 4.37. The number of hydrogen-bond donors (Lipinski definition) is 0. The number of rotatable bonds is 3. The Morgan fingerprint density at radius 2 is 1.75 bits per heavy atom. The summed E-state index contributed by atoms with van der Waals surface area (Å²) in [4.78, 5) is 31.3. The molecule has 4 heterocycles. The molecule has 4 aromatic rings. The van der Waals surface area contributed by atoms with Crippen LogP contribution in [0.1, 0.15) is 29.3 Å². The van der Waals surface area contributed by atoms with E-state index in [1.54, 1.807) is 18.7 Å². The molecule has 1 saturated heterocycles. The molecule has 0 aliphatic carbocycles. The fourth-order valence-corrected chi connectivity index (χ4v) is 4.37. The van der Waals surface area contributed by atoms with Gasteiger partial charge in [0, 0.05) is 50.5 Å². The number of aromatic nitrogens is 5. The Morgan fingerprint density at radius 1 is 1.00 bits per heavy atom. The first-order chi connectivity index (χ1) is 17.0. The van der Waals surface area contributed by atoms with Gasteiger partial charge in [-0.2, -0.15) is 4.98 Å². The standard InChI is InChI=1S/C25H22F4N6O/c1-13-14(2)31-23-22(30-13)21(17-6-5-16(26)10-19(17)27)32-24(33-23)35-9-8-25(28,29)18(12-35)15-4-7-20(36)34(3)11-15/h4-7,10-11,18H,8-9,12H2,1-3H3. The second-order valence-electron chi connectivity index (χ2n) is 8.98. The Morgan fingerprint density at radius 3 is 2.47 bits per heavy atom. The minimum atomic E-state index is -3.02. The van der Waals surface area contributed by atoms with Gasteiger partial charge in [0.05, 0.1) is 17.3 Å². The summed E-state index contributed by atoms with van der Waals surface area (Å²) >= 11 is 0. The lowest BCUT2D eigenvalue weighted by Gasteiger charge is -2.38. The van der Waals surface area contributed by atoms with E-state index in [1.165, 1.54) is 36.0 Å². The average molecular weight is 498 g/mol. The maximum Gasteiger partial charge on any atom is 0.258 e. The summed E-state index contributed by atoms with van der Waals surface area (Å²) in [6.07, 6.45) is 0.934. The monoisotopic (exact) mass is 498 g/mol. The highest BCUT2D eigenvalue weighted by Crippen LogP contribution is 2.41. The van der Waals surface area contributed by atoms with Crippen LogP contribution in [-0.4, -0.2) is 43.5 Å². The molecular weight excluding hydrogens is 476 g/mol. The molecule has 1 atom stereocenters. The van der Waals surface area contributed by atoms with Gasteiger partial charge in [0.2, 0.25) is 11.5 Å². The van der Waals surface area contributed by atoms with Gasteiger partial charge in [-0.05, 0) is 31.5 Å². The molecular formula is C25H22F4N6O. The molecule has 11 heteroatoms. The Labute approximate surface area is 203 Å². The second kappa shape index (κ2) is 8.65. The molecule has 36 heavy (non-hydrogen) atoms. The molecule has 1 unspecified atom stereocenters. The minimum absolute atomic E-state index is 0.000415. The molecule has 1 aromatic carbocycles. The van der Waals surface area contributed by atoms with Gasteiger partial charge in [0.25, 0.3) is 5.92 Å². The highest BCUT2D eigenvalue weighted by molar-refractivity contribution is 5.88. The normalized spacial score (nSPS) is 17.5. The Hall–Kier alpha value is -3.89. The first-order valence-electron chi connectivity index (χ1n) is 11.3. The topological polar surface area (TPSA) is 76.8 Å². The van der Waals surface area contributed by atoms with E-state index >= 15 is 0 Å². The molecule has 0 radical (unpaired) electrons. The van der Waals surface area contributed by atoms with E-state index in [-0.39, 0.29) is 47.0 Å². The van der Waals surface area contributed by atoms with Gasteiger partial charge < -0.3 is 9.47 Å². The first-order valence-corrected chi connectivity index (χ1v) is 11.3. The van der Waals surface area contributed by atoms with Crippen molar-refractivity contribution < 1.29 is 17.6 Å². The van der Waals surface area contributed by atoms with Gasteiger partial charge in [-0.15, -0.1) is 0 Å². The summed E-state index contributed by atoms with van der Waals surface area (Å²) in [5.74, 6) is -5.75. The van der Waals surface area contributed by atoms with Crippen LogP contribution in [0.2, 0.25) is 0 Å². The number of halogens is 4. The molecule has 7 nitrogen and oxygen atoms in total. The Kier molecular flexibility index (Phi) is 5.73. The number of pyridine rings is 1. The number of fused-ring (bicyclic) bond motifs is 1. The lowest BCUT2D eigenvalue weighted by atomic mass is 9.88. The van der Waals surface area contributed by atoms with Crippen LogP contribution in [0, 0.1) is 25.5 Å². The van der Waals surface area contributed by atoms with Crippen molar-refractivity contribution in [3.05, 3.63) is 75.5 Å². The first kappa shape index (κ1) is 23.8. The van der Waals surface area contributed by atoms with Crippen LogP contribution in [-0.2, 0) is 7.05 Å². The van der Waals surface area contributed by atoms with Crippen molar-refractivity contribution in [3.8, 4) is 11.3 Å². The van der Waals surface area contributed by atoms with Crippen LogP contribution >= 0.6 is 0 Å². The van der Waals surface area contributed by atoms with Crippen molar-refractivity contribution >= 4 is 17.1 Å². The summed E-state index contributed by atoms with van der Waals surface area (Å²) in [5, 5.41) is 0. The SMILES string of the molecule is Cc1nc2nc(N3CCC(F)(F)C(c4ccc(=O)n(C)c4)C3)nc(-c3ccc(F)cc3F)c2nc1C. The van der Waals surface area contributed by atoms with Crippen molar-refractivity contribution in [3.63, 3.8) is 0 Å². The van der Waals surface area contributed by atoms with E-state index in [1.807, 2.05) is 0 Å². The highest BCUT2D eigenvalue weighted by Gasteiger charge is 2.45. The van der Waals surface area contributed by atoms with E-state index in [2.05, 4.69) is 19.9 Å². The van der Waals surface area contributed by atoms with Crippen molar-refractivity contribution in [2.24, 2.45) is 7.05 Å². The zero-order valence-corrected chi connectivity index (χ0v) is 19.8. The number of alkyl halides is 2. The van der Waals surface area contributed by atoms with Crippen LogP contribution in [0.4, 0.5) is 23.5 Å². The van der Waals surface area contributed by atoms with Crippen molar-refractivity contribution in [1.29, 1.82) is 0 Å². The van der Waals surface area contributed by atoms with Crippen LogP contribution in [0.3, 0.4) is 0 Å². The summed E-state index contributed by atoms with van der Waals surface area (Å²) in [6.45, 7) is 3.30. The molecule has 3 aromatic heterocycles. The Balaban J connectivity index is 1.64. The number of piperidine rings is 1. The summed E-state index contributed by atoms with van der Waals surface area (Å²) in [5.41, 5.74) is 1.70. The molecule has 0 saturated carbocycles. The summed E-state index contributed by atoms with van der Waals surface area (Å²) < 4.78 is 59.6. The third-order valence-corrected chi connectivity index (χ3v) is 6.54. The van der Waals surface area contributed by atoms with Gasteiger partial charge in [-0.1, -0.05) is 6.07 Å². The lowest BCUT2D eigenvalue weighted by Crippen LogP contribution is -2.46. The lowest BCUT2D eigenvalue weighted by molar-refractivity contribution is -0.0426. The molecule has 1 fully saturated rings. The van der Waals surface area contributed by atoms with Crippen molar-refractivity contribution in [1.82, 2.24) is 24.5 Å². The fraction of sp³-hybridized carbons (Fsp3) is 0.320. The van der Waals surface area contributed by atoms with E-state index in [0.717, 1.165) is 12.1 Å². The van der Waals surface area contributed by atoms with Gasteiger partial charge in [-0.3, -0.25) is 4.79 Å². The van der Waals surface area contributed by atoms with E-state index in [0.29, 0.717) is 17.0 Å². The molecule has 0 amide bonds. The smallest absolute Gasteiger partial charge is 0.258 e. The molecule has 0 bridgehead atoms. The maximum atomic E-state index is 15.0. The largest absolute Gasteiger partial charge is 0.340 e. The zero-order chi connectivity index (χ0) is 25.8. The van der Waals surface area contributed by atoms with Crippen molar-refractivity contribution in [2.75, 3.05) is 18.0 Å². The average Bonchev–Trinajstić information content (AvgIpc) is 2.81. The van der Waals surface area contributed by atoms with Gasteiger partial charge in [-0.25, -0.2) is 32.5 Å². The molecule has 1 aliphatic rings. The number of anilines is 1. The zero-order valence-electron chi connectivity index (χ0n) is 19.8. The Bertz CT molecular complexity index is 1550. The second-order valence-corrected chi connectivity index (χ2v) is 8.98. The van der Waals surface area contributed by atoms with E-state index < -0.39 is 29.9 Å². The molecule has 1 aliphatic heterocycles. The molecule has 5 rings (SSSR count). The highest BCUT2D eigenvalue weighted by atomic mass is 19.3. The summed E-state index contributed by atoms with van der Waals surface area (Å²) in [6, 6.07) is 5.77. The molecule has 0 spiro atoms. The number of nitrogens with zero attached hydrogens (tertiary/aromatic N) is 6. The predicted molar refractivity (Wildman–Crippen MR) is 126 cm³/mol. The number of benzene rings is 1. The predicted octanol–water partition coefficient (Wildman–Crippen LogP) is 4.31. The molecule has 0 N–H and O–H groups in total. The van der Waals surface area contributed by atoms with Gasteiger partial charge in [0.1, 0.15) is 22.8 Å². The van der Waals surface area contributed by atoms with Gasteiger partial charge in [0.15, 0.2) is 5.65 Å². The number of aryl methyl sites for hydroxylation is 3. The van der Waals surface area contributed by atoms with Crippen molar-refractivity contribution in [2.45, 2.75) is 32.1 Å². The van der Waals surface area contributed by atoms with E-state index in [9.17, 15) is 22.4 Å². The van der Waals surface area contributed by atoms with Gasteiger partial charge >= 0.3 is 0 Å². The molecule has 186 valence electrons. The van der Waals surface area contributed by atoms with Crippen LogP contribution in [0.15, 0.2) is 41.3 Å². The van der Waals surface area contributed by atoms with Crippen LogP contribution < -0.4 is 10.5 Å². The third kappa shape index (κ3) is 4.18. The van der Waals surface area contributed by atoms with Crippen LogP contribution in [0.25, 0.3) is 22.4 Å². The summed E-state index contributed by atoms with van der Waals surface area (Å²) in [7, 11) is 1.50.